The van der Waals surface area contributed by atoms with Crippen LogP contribution in [0.2, 0.25) is 0 Å². The topological polar surface area (TPSA) is 52.7 Å². The molecular weight excluding hydrogens is 266 g/mol. The molecule has 0 atom stereocenters. The number of amides is 3. The van der Waals surface area contributed by atoms with Crippen LogP contribution in [0.3, 0.4) is 0 Å². The third-order valence-electron chi connectivity index (χ3n) is 3.95. The normalized spacial score (nSPS) is 20.5. The van der Waals surface area contributed by atoms with Crippen molar-refractivity contribution in [1.29, 1.82) is 0 Å². The molecule has 21 heavy (non-hydrogen) atoms. The Morgan fingerprint density at radius 1 is 1.14 bits per heavy atom. The molecule has 2 fully saturated rings. The van der Waals surface area contributed by atoms with Gasteiger partial charge in [-0.2, -0.15) is 0 Å². The predicted molar refractivity (Wildman–Crippen MR) is 81.8 cm³/mol. The fourth-order valence-corrected chi connectivity index (χ4v) is 2.78. The Balaban J connectivity index is 1.77. The maximum absolute atomic E-state index is 12.0. The lowest BCUT2D eigenvalue weighted by molar-refractivity contribution is -0.122. The van der Waals surface area contributed by atoms with E-state index >= 15 is 0 Å². The van der Waals surface area contributed by atoms with Gasteiger partial charge in [-0.05, 0) is 43.5 Å². The number of hydrogen-bond acceptors (Lipinski definition) is 3. The summed E-state index contributed by atoms with van der Waals surface area (Å²) in [6.45, 7) is 4.39. The summed E-state index contributed by atoms with van der Waals surface area (Å²) in [4.78, 5) is 27.1. The lowest BCUT2D eigenvalue weighted by Crippen LogP contribution is -2.30. The van der Waals surface area contributed by atoms with E-state index in [1.807, 2.05) is 12.1 Å². The van der Waals surface area contributed by atoms with Crippen LogP contribution >= 0.6 is 0 Å². The average Bonchev–Trinajstić information content (AvgIpc) is 3.10. The van der Waals surface area contributed by atoms with Gasteiger partial charge >= 0.3 is 6.03 Å². The second-order valence-corrected chi connectivity index (χ2v) is 5.32. The first-order chi connectivity index (χ1) is 10.2. The fourth-order valence-electron chi connectivity index (χ4n) is 2.78. The van der Waals surface area contributed by atoms with E-state index in [1.165, 1.54) is 23.4 Å². The van der Waals surface area contributed by atoms with Gasteiger partial charge in [0, 0.05) is 25.3 Å². The van der Waals surface area contributed by atoms with E-state index in [0.717, 1.165) is 18.7 Å². The smallest absolute Gasteiger partial charge is 0.328 e. The molecule has 2 heterocycles. The van der Waals surface area contributed by atoms with Crippen molar-refractivity contribution in [2.75, 3.05) is 24.5 Å². The summed E-state index contributed by atoms with van der Waals surface area (Å²) in [7, 11) is 0. The molecule has 0 saturated carbocycles. The van der Waals surface area contributed by atoms with Crippen molar-refractivity contribution in [3.05, 3.63) is 35.5 Å². The molecule has 0 aromatic heterocycles. The Labute approximate surface area is 124 Å². The summed E-state index contributed by atoms with van der Waals surface area (Å²) < 4.78 is 0. The van der Waals surface area contributed by atoms with Crippen LogP contribution in [0, 0.1) is 0 Å². The van der Waals surface area contributed by atoms with Crippen molar-refractivity contribution < 1.29 is 9.59 Å². The van der Waals surface area contributed by atoms with Gasteiger partial charge in [0.2, 0.25) is 0 Å². The summed E-state index contributed by atoms with van der Waals surface area (Å²) in [5.74, 6) is -0.258. The van der Waals surface area contributed by atoms with Crippen LogP contribution in [0.25, 0.3) is 6.08 Å². The Hall–Kier alpha value is -2.30. The maximum Gasteiger partial charge on any atom is 0.328 e. The molecule has 0 radical (unpaired) electrons. The SMILES string of the molecule is CCN1C(=O)N/C(=C/c2ccc(N3CCCC3)cc2)C1=O. The monoisotopic (exact) mass is 285 g/mol. The largest absolute Gasteiger partial charge is 0.372 e. The molecule has 110 valence electrons. The van der Waals surface area contributed by atoms with Crippen molar-refractivity contribution >= 4 is 23.7 Å². The van der Waals surface area contributed by atoms with E-state index in [2.05, 4.69) is 22.3 Å². The van der Waals surface area contributed by atoms with E-state index in [4.69, 9.17) is 0 Å². The summed E-state index contributed by atoms with van der Waals surface area (Å²) >= 11 is 0. The van der Waals surface area contributed by atoms with Gasteiger partial charge in [0.25, 0.3) is 5.91 Å². The quantitative estimate of drug-likeness (QED) is 0.684. The zero-order valence-corrected chi connectivity index (χ0v) is 12.1. The minimum Gasteiger partial charge on any atom is -0.372 e. The Kier molecular flexibility index (Phi) is 3.64. The third-order valence-corrected chi connectivity index (χ3v) is 3.95. The second kappa shape index (κ2) is 5.60. The highest BCUT2D eigenvalue weighted by Crippen LogP contribution is 2.21. The number of imide groups is 1. The Bertz CT molecular complexity index is 586. The lowest BCUT2D eigenvalue weighted by Gasteiger charge is -2.17. The molecule has 3 amide bonds. The first-order valence-electron chi connectivity index (χ1n) is 7.38. The predicted octanol–water partition coefficient (Wildman–Crippen LogP) is 2.20. The third kappa shape index (κ3) is 2.63. The molecule has 0 unspecified atom stereocenters. The van der Waals surface area contributed by atoms with Gasteiger partial charge in [-0.15, -0.1) is 0 Å². The highest BCUT2D eigenvalue weighted by atomic mass is 16.2. The average molecular weight is 285 g/mol. The zero-order chi connectivity index (χ0) is 14.8. The molecule has 0 spiro atoms. The number of hydrogen-bond donors (Lipinski definition) is 1. The molecule has 2 saturated heterocycles. The van der Waals surface area contributed by atoms with Crippen molar-refractivity contribution in [3.8, 4) is 0 Å². The van der Waals surface area contributed by atoms with Gasteiger partial charge in [-0.25, -0.2) is 4.79 Å². The first kappa shape index (κ1) is 13.7. The molecule has 2 aliphatic rings. The Morgan fingerprint density at radius 2 is 1.81 bits per heavy atom. The molecule has 3 rings (SSSR count). The molecular formula is C16H19N3O2. The van der Waals surface area contributed by atoms with Gasteiger partial charge in [-0.3, -0.25) is 9.69 Å². The van der Waals surface area contributed by atoms with Crippen LogP contribution in [0.4, 0.5) is 10.5 Å². The fraction of sp³-hybridized carbons (Fsp3) is 0.375. The van der Waals surface area contributed by atoms with Crippen molar-refractivity contribution in [3.63, 3.8) is 0 Å². The molecule has 1 aromatic carbocycles. The molecule has 0 aliphatic carbocycles. The van der Waals surface area contributed by atoms with Crippen LogP contribution < -0.4 is 10.2 Å². The summed E-state index contributed by atoms with van der Waals surface area (Å²) in [6.07, 6.45) is 4.22. The number of urea groups is 1. The van der Waals surface area contributed by atoms with Gasteiger partial charge in [0.1, 0.15) is 5.70 Å². The number of rotatable bonds is 3. The van der Waals surface area contributed by atoms with Crippen molar-refractivity contribution in [1.82, 2.24) is 10.2 Å². The number of anilines is 1. The van der Waals surface area contributed by atoms with Gasteiger partial charge in [0.15, 0.2) is 0 Å². The molecule has 5 heteroatoms. The molecule has 2 aliphatic heterocycles. The highest BCUT2D eigenvalue weighted by Gasteiger charge is 2.31. The van der Waals surface area contributed by atoms with Gasteiger partial charge < -0.3 is 10.2 Å². The van der Waals surface area contributed by atoms with Crippen LogP contribution in [0.5, 0.6) is 0 Å². The maximum atomic E-state index is 12.0. The number of nitrogens with one attached hydrogen (secondary N) is 1. The standard InChI is InChI=1S/C16H19N3O2/c1-2-19-15(20)14(17-16(19)21)11-12-5-7-13(8-6-12)18-9-3-4-10-18/h5-8,11H,2-4,9-10H2,1H3,(H,17,21)/b14-11+. The molecule has 0 bridgehead atoms. The van der Waals surface area contributed by atoms with Crippen molar-refractivity contribution in [2.24, 2.45) is 0 Å². The number of nitrogens with zero attached hydrogens (tertiary/aromatic N) is 2. The van der Waals surface area contributed by atoms with Crippen molar-refractivity contribution in [2.45, 2.75) is 19.8 Å². The summed E-state index contributed by atoms with van der Waals surface area (Å²) in [6, 6.07) is 7.75. The molecule has 1 N–H and O–H groups in total. The van der Waals surface area contributed by atoms with Crippen LogP contribution in [0.15, 0.2) is 30.0 Å². The van der Waals surface area contributed by atoms with E-state index in [0.29, 0.717) is 12.2 Å². The number of carbonyl (C=O) groups is 2. The molecule has 5 nitrogen and oxygen atoms in total. The van der Waals surface area contributed by atoms with E-state index < -0.39 is 0 Å². The van der Waals surface area contributed by atoms with E-state index in [-0.39, 0.29) is 11.9 Å². The van der Waals surface area contributed by atoms with Gasteiger partial charge in [0.05, 0.1) is 0 Å². The Morgan fingerprint density at radius 3 is 2.38 bits per heavy atom. The summed E-state index contributed by atoms with van der Waals surface area (Å²) in [5, 5.41) is 2.61. The minimum atomic E-state index is -0.345. The van der Waals surface area contributed by atoms with E-state index in [1.54, 1.807) is 13.0 Å². The van der Waals surface area contributed by atoms with Gasteiger partial charge in [-0.1, -0.05) is 12.1 Å². The van der Waals surface area contributed by atoms with Crippen LogP contribution in [-0.4, -0.2) is 36.5 Å². The molecule has 1 aromatic rings. The number of likely N-dealkylation sites (N-methyl/N-ethyl adjacent to an activating group) is 1. The zero-order valence-electron chi connectivity index (χ0n) is 12.1. The van der Waals surface area contributed by atoms with Crippen LogP contribution in [0.1, 0.15) is 25.3 Å². The summed E-state index contributed by atoms with van der Waals surface area (Å²) in [5.41, 5.74) is 2.47. The van der Waals surface area contributed by atoms with E-state index in [9.17, 15) is 9.59 Å². The number of carbonyl (C=O) groups excluding carboxylic acids is 2. The second-order valence-electron chi connectivity index (χ2n) is 5.32. The van der Waals surface area contributed by atoms with Crippen LogP contribution in [-0.2, 0) is 4.79 Å². The number of benzene rings is 1. The lowest BCUT2D eigenvalue weighted by atomic mass is 10.1. The minimum absolute atomic E-state index is 0.258. The first-order valence-corrected chi connectivity index (χ1v) is 7.38. The highest BCUT2D eigenvalue weighted by molar-refractivity contribution is 6.13.